The Labute approximate surface area is 90.0 Å². The molecule has 0 unspecified atom stereocenters. The Hall–Kier alpha value is -1.76. The zero-order valence-electron chi connectivity index (χ0n) is 8.72. The maximum atomic E-state index is 9.41. The van der Waals surface area contributed by atoms with Crippen LogP contribution in [0.25, 0.3) is 0 Å². The van der Waals surface area contributed by atoms with Crippen LogP contribution in [0.3, 0.4) is 0 Å². The predicted octanol–water partition coefficient (Wildman–Crippen LogP) is 3.54. The van der Waals surface area contributed by atoms with Gasteiger partial charge in [-0.15, -0.1) is 0 Å². The van der Waals surface area contributed by atoms with Gasteiger partial charge in [0.1, 0.15) is 5.75 Å². The summed E-state index contributed by atoms with van der Waals surface area (Å²) in [7, 11) is 0. The predicted molar refractivity (Wildman–Crippen MR) is 62.1 cm³/mol. The molecular weight excluding hydrogens is 184 g/mol. The van der Waals surface area contributed by atoms with Gasteiger partial charge in [0.2, 0.25) is 0 Å². The van der Waals surface area contributed by atoms with E-state index in [1.54, 1.807) is 6.07 Å². The monoisotopic (exact) mass is 198 g/mol. The highest BCUT2D eigenvalue weighted by Crippen LogP contribution is 2.25. The van der Waals surface area contributed by atoms with Crippen molar-refractivity contribution in [2.45, 2.75) is 12.8 Å². The second-order valence-corrected chi connectivity index (χ2v) is 3.73. The molecule has 0 aromatic heterocycles. The summed E-state index contributed by atoms with van der Waals surface area (Å²) in [5.74, 6) is 0.647. The summed E-state index contributed by atoms with van der Waals surface area (Å²) in [5, 5.41) is 9.41. The summed E-state index contributed by atoms with van der Waals surface area (Å²) in [6.45, 7) is 2.14. The van der Waals surface area contributed by atoms with Crippen molar-refractivity contribution in [3.05, 3.63) is 65.7 Å². The van der Waals surface area contributed by atoms with Crippen molar-refractivity contribution in [2.75, 3.05) is 0 Å². The van der Waals surface area contributed by atoms with Crippen LogP contribution in [-0.2, 0) is 0 Å². The van der Waals surface area contributed by atoms with Gasteiger partial charge in [-0.3, -0.25) is 0 Å². The number of benzene rings is 2. The number of phenolic OH excluding ortho intramolecular Hbond substituents is 1. The van der Waals surface area contributed by atoms with Crippen molar-refractivity contribution in [3.8, 4) is 5.75 Å². The van der Waals surface area contributed by atoms with Crippen LogP contribution in [-0.4, -0.2) is 5.11 Å². The summed E-state index contributed by atoms with van der Waals surface area (Å²) in [4.78, 5) is 0. The van der Waals surface area contributed by atoms with E-state index in [1.807, 2.05) is 36.4 Å². The molecule has 2 aromatic rings. The quantitative estimate of drug-likeness (QED) is 0.782. The van der Waals surface area contributed by atoms with Gasteiger partial charge in [-0.2, -0.15) is 0 Å². The minimum Gasteiger partial charge on any atom is -0.508 e. The molecule has 0 radical (unpaired) electrons. The summed E-state index contributed by atoms with van der Waals surface area (Å²) in [5.41, 5.74) is 2.41. The average molecular weight is 198 g/mol. The van der Waals surface area contributed by atoms with Crippen molar-refractivity contribution >= 4 is 0 Å². The van der Waals surface area contributed by atoms with E-state index in [9.17, 15) is 5.11 Å². The molecule has 15 heavy (non-hydrogen) atoms. The standard InChI is InChI=1S/C14H14O/c1-11(12-6-3-2-4-7-12)13-8-5-9-14(15)10-13/h2-11,15H,1H3/t11-/m0/s1. The van der Waals surface area contributed by atoms with Crippen LogP contribution in [0, 0.1) is 0 Å². The molecular formula is C14H14O. The first-order valence-corrected chi connectivity index (χ1v) is 5.11. The lowest BCUT2D eigenvalue weighted by Crippen LogP contribution is -1.94. The van der Waals surface area contributed by atoms with E-state index in [0.29, 0.717) is 11.7 Å². The van der Waals surface area contributed by atoms with Crippen LogP contribution in [0.4, 0.5) is 0 Å². The second kappa shape index (κ2) is 4.18. The molecule has 1 atom stereocenters. The highest BCUT2D eigenvalue weighted by Gasteiger charge is 2.07. The zero-order valence-corrected chi connectivity index (χ0v) is 8.72. The molecule has 0 aliphatic heterocycles. The van der Waals surface area contributed by atoms with Gasteiger partial charge in [0.25, 0.3) is 0 Å². The third-order valence-electron chi connectivity index (χ3n) is 2.67. The van der Waals surface area contributed by atoms with E-state index < -0.39 is 0 Å². The van der Waals surface area contributed by atoms with E-state index in [-0.39, 0.29) is 0 Å². The Morgan fingerprint density at radius 3 is 2.20 bits per heavy atom. The van der Waals surface area contributed by atoms with E-state index in [0.717, 1.165) is 5.56 Å². The molecule has 0 heterocycles. The third kappa shape index (κ3) is 2.18. The third-order valence-corrected chi connectivity index (χ3v) is 2.67. The number of hydrogen-bond donors (Lipinski definition) is 1. The van der Waals surface area contributed by atoms with E-state index >= 15 is 0 Å². The van der Waals surface area contributed by atoms with Crippen LogP contribution in [0.2, 0.25) is 0 Å². The Morgan fingerprint density at radius 1 is 0.867 bits per heavy atom. The topological polar surface area (TPSA) is 20.2 Å². The molecule has 0 aliphatic rings. The molecule has 76 valence electrons. The van der Waals surface area contributed by atoms with Crippen LogP contribution >= 0.6 is 0 Å². The number of rotatable bonds is 2. The first-order chi connectivity index (χ1) is 7.27. The molecule has 0 bridgehead atoms. The smallest absolute Gasteiger partial charge is 0.115 e. The van der Waals surface area contributed by atoms with Gasteiger partial charge >= 0.3 is 0 Å². The number of phenols is 1. The molecule has 1 nitrogen and oxygen atoms in total. The fourth-order valence-electron chi connectivity index (χ4n) is 1.73. The van der Waals surface area contributed by atoms with Crippen molar-refractivity contribution in [2.24, 2.45) is 0 Å². The summed E-state index contributed by atoms with van der Waals surface area (Å²) in [6, 6.07) is 17.7. The number of aromatic hydroxyl groups is 1. The first kappa shape index (κ1) is 9.78. The van der Waals surface area contributed by atoms with Crippen LogP contribution in [0.5, 0.6) is 5.75 Å². The Balaban J connectivity index is 2.32. The van der Waals surface area contributed by atoms with Gasteiger partial charge < -0.3 is 5.11 Å². The fraction of sp³-hybridized carbons (Fsp3) is 0.143. The fourth-order valence-corrected chi connectivity index (χ4v) is 1.73. The molecule has 2 aromatic carbocycles. The highest BCUT2D eigenvalue weighted by atomic mass is 16.3. The summed E-state index contributed by atoms with van der Waals surface area (Å²) < 4.78 is 0. The lowest BCUT2D eigenvalue weighted by Gasteiger charge is -2.12. The molecule has 1 N–H and O–H groups in total. The normalized spacial score (nSPS) is 12.3. The van der Waals surface area contributed by atoms with E-state index in [4.69, 9.17) is 0 Å². The van der Waals surface area contributed by atoms with Gasteiger partial charge in [-0.1, -0.05) is 49.4 Å². The molecule has 0 saturated heterocycles. The lowest BCUT2D eigenvalue weighted by molar-refractivity contribution is 0.474. The second-order valence-electron chi connectivity index (χ2n) is 3.73. The van der Waals surface area contributed by atoms with Crippen molar-refractivity contribution in [1.29, 1.82) is 0 Å². The summed E-state index contributed by atoms with van der Waals surface area (Å²) in [6.07, 6.45) is 0. The SMILES string of the molecule is C[C@@H](c1ccccc1)c1cccc(O)c1. The van der Waals surface area contributed by atoms with Gasteiger partial charge in [-0.05, 0) is 23.3 Å². The Bertz CT molecular complexity index is 434. The molecule has 0 aliphatic carbocycles. The van der Waals surface area contributed by atoms with Crippen molar-refractivity contribution in [3.63, 3.8) is 0 Å². The maximum absolute atomic E-state index is 9.41. The molecule has 1 heteroatoms. The Kier molecular flexibility index (Phi) is 2.72. The van der Waals surface area contributed by atoms with E-state index in [2.05, 4.69) is 19.1 Å². The van der Waals surface area contributed by atoms with Crippen LogP contribution in [0.1, 0.15) is 24.0 Å². The summed E-state index contributed by atoms with van der Waals surface area (Å²) >= 11 is 0. The lowest BCUT2D eigenvalue weighted by atomic mass is 9.93. The van der Waals surface area contributed by atoms with Gasteiger partial charge in [0, 0.05) is 5.92 Å². The minimum absolute atomic E-state index is 0.318. The van der Waals surface area contributed by atoms with Gasteiger partial charge in [0.15, 0.2) is 0 Å². The highest BCUT2D eigenvalue weighted by molar-refractivity contribution is 5.35. The van der Waals surface area contributed by atoms with Crippen molar-refractivity contribution < 1.29 is 5.11 Å². The molecule has 0 fully saturated rings. The first-order valence-electron chi connectivity index (χ1n) is 5.11. The maximum Gasteiger partial charge on any atom is 0.115 e. The average Bonchev–Trinajstić information content (AvgIpc) is 2.29. The molecule has 0 amide bonds. The van der Waals surface area contributed by atoms with Crippen LogP contribution in [0.15, 0.2) is 54.6 Å². The van der Waals surface area contributed by atoms with Gasteiger partial charge in [0.05, 0.1) is 0 Å². The van der Waals surface area contributed by atoms with E-state index in [1.165, 1.54) is 5.56 Å². The Morgan fingerprint density at radius 2 is 1.53 bits per heavy atom. The number of hydrogen-bond acceptors (Lipinski definition) is 1. The molecule has 0 spiro atoms. The molecule has 0 saturated carbocycles. The minimum atomic E-state index is 0.318. The van der Waals surface area contributed by atoms with Crippen LogP contribution < -0.4 is 0 Å². The molecule has 2 rings (SSSR count). The zero-order chi connectivity index (χ0) is 10.7. The van der Waals surface area contributed by atoms with Gasteiger partial charge in [-0.25, -0.2) is 0 Å². The van der Waals surface area contributed by atoms with Crippen molar-refractivity contribution in [1.82, 2.24) is 0 Å². The largest absolute Gasteiger partial charge is 0.508 e.